The first-order valence-electron chi connectivity index (χ1n) is 7.64. The van der Waals surface area contributed by atoms with Crippen LogP contribution in [0.2, 0.25) is 0 Å². The van der Waals surface area contributed by atoms with Crippen LogP contribution in [0.25, 0.3) is 0 Å². The van der Waals surface area contributed by atoms with E-state index in [0.29, 0.717) is 0 Å². The van der Waals surface area contributed by atoms with Gasteiger partial charge in [0, 0.05) is 24.2 Å². The molecule has 1 amide bonds. The lowest BCUT2D eigenvalue weighted by Crippen LogP contribution is -2.28. The van der Waals surface area contributed by atoms with Gasteiger partial charge in [-0.25, -0.2) is 4.98 Å². The second-order valence-corrected chi connectivity index (χ2v) is 6.76. The van der Waals surface area contributed by atoms with Gasteiger partial charge in [-0.1, -0.05) is 29.5 Å². The highest BCUT2D eigenvalue weighted by Gasteiger charge is 2.22. The van der Waals surface area contributed by atoms with Gasteiger partial charge in [-0.05, 0) is 50.5 Å². The Morgan fingerprint density at radius 2 is 1.95 bits per heavy atom. The van der Waals surface area contributed by atoms with Crippen molar-refractivity contribution in [1.82, 2.24) is 9.88 Å². The molecule has 1 saturated heterocycles. The molecule has 0 atom stereocenters. The first-order chi connectivity index (χ1) is 10.6. The molecule has 3 nitrogen and oxygen atoms in total. The molecule has 1 aliphatic rings. The van der Waals surface area contributed by atoms with E-state index >= 15 is 0 Å². The number of carbonyl (C=O) groups is 1. The topological polar surface area (TPSA) is 33.2 Å². The summed E-state index contributed by atoms with van der Waals surface area (Å²) in [6.07, 6.45) is 3.96. The second kappa shape index (κ2) is 6.53. The predicted molar refractivity (Wildman–Crippen MR) is 89.4 cm³/mol. The highest BCUT2D eigenvalue weighted by molar-refractivity contribution is 7.99. The minimum atomic E-state index is 0.109. The van der Waals surface area contributed by atoms with Crippen LogP contribution in [0.3, 0.4) is 0 Å². The number of likely N-dealkylation sites (tertiary alicyclic amines) is 1. The number of aromatic nitrogens is 1. The van der Waals surface area contributed by atoms with Crippen molar-refractivity contribution in [2.45, 2.75) is 36.6 Å². The minimum absolute atomic E-state index is 0.109. The molecule has 3 rings (SSSR count). The van der Waals surface area contributed by atoms with Crippen LogP contribution in [0.15, 0.2) is 46.5 Å². The third-order valence-corrected chi connectivity index (χ3v) is 5.13. The summed E-state index contributed by atoms with van der Waals surface area (Å²) in [4.78, 5) is 20.2. The monoisotopic (exact) mass is 312 g/mol. The Bertz CT molecular complexity index is 693. The number of pyridine rings is 1. The van der Waals surface area contributed by atoms with Gasteiger partial charge < -0.3 is 4.90 Å². The molecule has 1 aromatic heterocycles. The van der Waals surface area contributed by atoms with Crippen LogP contribution in [0.1, 0.15) is 34.3 Å². The Balaban J connectivity index is 1.89. The molecule has 0 aliphatic carbocycles. The van der Waals surface area contributed by atoms with E-state index in [4.69, 9.17) is 0 Å². The molecule has 0 N–H and O–H groups in total. The molecular formula is C18H20N2OS. The molecule has 0 unspecified atom stereocenters. The average molecular weight is 312 g/mol. The fourth-order valence-corrected chi connectivity index (χ4v) is 3.69. The van der Waals surface area contributed by atoms with E-state index in [-0.39, 0.29) is 5.91 Å². The lowest BCUT2D eigenvalue weighted by atomic mass is 10.2. The molecule has 1 aliphatic heterocycles. The Morgan fingerprint density at radius 1 is 1.18 bits per heavy atom. The van der Waals surface area contributed by atoms with E-state index in [1.807, 2.05) is 17.0 Å². The summed E-state index contributed by atoms with van der Waals surface area (Å²) >= 11 is 1.58. The van der Waals surface area contributed by atoms with Crippen molar-refractivity contribution in [3.8, 4) is 0 Å². The minimum Gasteiger partial charge on any atom is -0.339 e. The highest BCUT2D eigenvalue weighted by Crippen LogP contribution is 2.32. The van der Waals surface area contributed by atoms with E-state index < -0.39 is 0 Å². The number of benzene rings is 1. The van der Waals surface area contributed by atoms with Crippen molar-refractivity contribution in [2.24, 2.45) is 0 Å². The van der Waals surface area contributed by atoms with Gasteiger partial charge >= 0.3 is 0 Å². The highest BCUT2D eigenvalue weighted by atomic mass is 32.2. The number of amides is 1. The largest absolute Gasteiger partial charge is 0.339 e. The quantitative estimate of drug-likeness (QED) is 0.856. The number of carbonyl (C=O) groups excluding carboxylic acids is 1. The number of rotatable bonds is 3. The maximum absolute atomic E-state index is 12.7. The van der Waals surface area contributed by atoms with Gasteiger partial charge in [0.2, 0.25) is 0 Å². The molecule has 0 bridgehead atoms. The van der Waals surface area contributed by atoms with Crippen LogP contribution in [-0.4, -0.2) is 28.9 Å². The van der Waals surface area contributed by atoms with Gasteiger partial charge in [0.1, 0.15) is 5.03 Å². The maximum atomic E-state index is 12.7. The molecule has 114 valence electrons. The summed E-state index contributed by atoms with van der Waals surface area (Å²) in [6.45, 7) is 5.91. The van der Waals surface area contributed by atoms with E-state index in [9.17, 15) is 4.79 Å². The lowest BCUT2D eigenvalue weighted by molar-refractivity contribution is 0.0788. The van der Waals surface area contributed by atoms with Crippen LogP contribution >= 0.6 is 11.8 Å². The van der Waals surface area contributed by atoms with Crippen molar-refractivity contribution < 1.29 is 4.79 Å². The Morgan fingerprint density at radius 3 is 2.68 bits per heavy atom. The molecule has 0 radical (unpaired) electrons. The van der Waals surface area contributed by atoms with E-state index in [1.165, 1.54) is 11.1 Å². The van der Waals surface area contributed by atoms with Gasteiger partial charge in [0.25, 0.3) is 5.91 Å². The summed E-state index contributed by atoms with van der Waals surface area (Å²) in [6, 6.07) is 10.1. The van der Waals surface area contributed by atoms with Crippen molar-refractivity contribution in [3.63, 3.8) is 0 Å². The lowest BCUT2D eigenvalue weighted by Gasteiger charge is -2.17. The van der Waals surface area contributed by atoms with Gasteiger partial charge in [-0.2, -0.15) is 0 Å². The molecule has 2 heterocycles. The normalized spacial score (nSPS) is 14.4. The zero-order valence-corrected chi connectivity index (χ0v) is 13.8. The first-order valence-corrected chi connectivity index (χ1v) is 8.46. The second-order valence-electron chi connectivity index (χ2n) is 5.73. The SMILES string of the molecule is Cc1ccc(Sc2ncccc2C(=O)N2CCCC2)c(C)c1. The zero-order chi connectivity index (χ0) is 15.5. The average Bonchev–Trinajstić information content (AvgIpc) is 3.04. The van der Waals surface area contributed by atoms with Crippen LogP contribution in [0.4, 0.5) is 0 Å². The molecule has 0 saturated carbocycles. The van der Waals surface area contributed by atoms with E-state index in [1.54, 1.807) is 18.0 Å². The summed E-state index contributed by atoms with van der Waals surface area (Å²) < 4.78 is 0. The molecule has 2 aromatic rings. The Kier molecular flexibility index (Phi) is 4.48. The summed E-state index contributed by atoms with van der Waals surface area (Å²) in [5, 5.41) is 0.798. The van der Waals surface area contributed by atoms with Crippen molar-refractivity contribution in [2.75, 3.05) is 13.1 Å². The molecule has 0 spiro atoms. The third-order valence-electron chi connectivity index (χ3n) is 3.93. The molecule has 22 heavy (non-hydrogen) atoms. The summed E-state index contributed by atoms with van der Waals surface area (Å²) in [5.74, 6) is 0.109. The van der Waals surface area contributed by atoms with Gasteiger partial charge in [0.05, 0.1) is 5.56 Å². The third kappa shape index (κ3) is 3.17. The molecule has 1 aromatic carbocycles. The Hall–Kier alpha value is -1.81. The van der Waals surface area contributed by atoms with E-state index in [0.717, 1.165) is 41.4 Å². The van der Waals surface area contributed by atoms with Gasteiger partial charge in [-0.15, -0.1) is 0 Å². The van der Waals surface area contributed by atoms with Crippen molar-refractivity contribution >= 4 is 17.7 Å². The summed E-state index contributed by atoms with van der Waals surface area (Å²) in [7, 11) is 0. The predicted octanol–water partition coefficient (Wildman–Crippen LogP) is 4.09. The standard InChI is InChI=1S/C18H20N2OS/c1-13-7-8-16(14(2)12-13)22-17-15(6-5-9-19-17)18(21)20-10-3-4-11-20/h5-9,12H,3-4,10-11H2,1-2H3. The fraction of sp³-hybridized carbons (Fsp3) is 0.333. The summed E-state index contributed by atoms with van der Waals surface area (Å²) in [5.41, 5.74) is 3.18. The number of hydrogen-bond donors (Lipinski definition) is 0. The fourth-order valence-electron chi connectivity index (χ4n) is 2.74. The maximum Gasteiger partial charge on any atom is 0.256 e. The van der Waals surface area contributed by atoms with Gasteiger partial charge in [-0.3, -0.25) is 4.79 Å². The van der Waals surface area contributed by atoms with Crippen molar-refractivity contribution in [3.05, 3.63) is 53.2 Å². The zero-order valence-electron chi connectivity index (χ0n) is 13.0. The van der Waals surface area contributed by atoms with Crippen molar-refractivity contribution in [1.29, 1.82) is 0 Å². The molecular weight excluding hydrogens is 292 g/mol. The van der Waals surface area contributed by atoms with Gasteiger partial charge in [0.15, 0.2) is 0 Å². The number of nitrogens with zero attached hydrogens (tertiary/aromatic N) is 2. The number of hydrogen-bond acceptors (Lipinski definition) is 3. The van der Waals surface area contributed by atoms with Crippen LogP contribution in [0.5, 0.6) is 0 Å². The molecule has 1 fully saturated rings. The Labute approximate surface area is 135 Å². The van der Waals surface area contributed by atoms with Crippen LogP contribution in [0, 0.1) is 13.8 Å². The smallest absolute Gasteiger partial charge is 0.256 e. The van der Waals surface area contributed by atoms with Crippen LogP contribution in [-0.2, 0) is 0 Å². The van der Waals surface area contributed by atoms with E-state index in [2.05, 4.69) is 37.0 Å². The first kappa shape index (κ1) is 15.1. The number of aryl methyl sites for hydroxylation is 2. The van der Waals surface area contributed by atoms with Crippen LogP contribution < -0.4 is 0 Å². The molecule has 4 heteroatoms.